The van der Waals surface area contributed by atoms with Gasteiger partial charge in [-0.2, -0.15) is 5.26 Å². The molecule has 1 aliphatic rings. The molecule has 1 aliphatic carbocycles. The van der Waals surface area contributed by atoms with E-state index in [0.717, 1.165) is 35.7 Å². The minimum atomic E-state index is -0.290. The molecule has 0 unspecified atom stereocenters. The summed E-state index contributed by atoms with van der Waals surface area (Å²) in [5.74, 6) is 0. The van der Waals surface area contributed by atoms with Crippen LogP contribution in [0.25, 0.3) is 10.7 Å². The normalized spacial score (nSPS) is 17.7. The van der Waals surface area contributed by atoms with Crippen molar-refractivity contribution in [1.82, 2.24) is 9.97 Å². The Hall–Kier alpha value is -1.60. The molecule has 0 atom stereocenters. The fourth-order valence-corrected chi connectivity index (χ4v) is 2.94. The second-order valence-corrected chi connectivity index (χ2v) is 5.03. The van der Waals surface area contributed by atoms with Gasteiger partial charge in [-0.3, -0.25) is 0 Å². The first-order valence-electron chi connectivity index (χ1n) is 5.35. The van der Waals surface area contributed by atoms with Crippen LogP contribution in [0.3, 0.4) is 0 Å². The number of nitrogens with zero attached hydrogens (tertiary/aromatic N) is 2. The van der Waals surface area contributed by atoms with Crippen LogP contribution in [-0.2, 0) is 5.41 Å². The lowest BCUT2D eigenvalue weighted by Crippen LogP contribution is -2.32. The van der Waals surface area contributed by atoms with Gasteiger partial charge in [0.2, 0.25) is 0 Å². The first-order chi connectivity index (χ1) is 7.84. The van der Waals surface area contributed by atoms with E-state index in [9.17, 15) is 5.26 Å². The molecule has 3 rings (SSSR count). The average molecular weight is 229 g/mol. The molecule has 1 N–H and O–H groups in total. The Balaban J connectivity index is 1.97. The van der Waals surface area contributed by atoms with Gasteiger partial charge >= 0.3 is 0 Å². The maximum absolute atomic E-state index is 9.24. The summed E-state index contributed by atoms with van der Waals surface area (Å²) in [5.41, 5.74) is 1.70. The van der Waals surface area contributed by atoms with E-state index >= 15 is 0 Å². The lowest BCUT2D eigenvalue weighted by atomic mass is 9.68. The topological polar surface area (TPSA) is 52.5 Å². The number of rotatable bonds is 2. The monoisotopic (exact) mass is 229 g/mol. The Morgan fingerprint density at radius 1 is 1.50 bits per heavy atom. The highest BCUT2D eigenvalue weighted by Gasteiger charge is 2.41. The van der Waals surface area contributed by atoms with Crippen molar-refractivity contribution < 1.29 is 0 Å². The van der Waals surface area contributed by atoms with Crippen molar-refractivity contribution >= 4 is 11.3 Å². The van der Waals surface area contributed by atoms with Crippen LogP contribution in [0.15, 0.2) is 23.7 Å². The summed E-state index contributed by atoms with van der Waals surface area (Å²) < 4.78 is 0. The predicted octanol–water partition coefficient (Wildman–Crippen LogP) is 3.08. The van der Waals surface area contributed by atoms with Crippen LogP contribution in [0.2, 0.25) is 0 Å². The molecule has 2 aromatic rings. The predicted molar refractivity (Wildman–Crippen MR) is 63.0 cm³/mol. The molecule has 1 saturated carbocycles. The van der Waals surface area contributed by atoms with Gasteiger partial charge in [0.05, 0.1) is 17.5 Å². The van der Waals surface area contributed by atoms with Gasteiger partial charge < -0.3 is 4.98 Å². The Morgan fingerprint density at radius 2 is 2.38 bits per heavy atom. The summed E-state index contributed by atoms with van der Waals surface area (Å²) >= 11 is 1.61. The molecule has 4 heteroatoms. The minimum absolute atomic E-state index is 0.290. The van der Waals surface area contributed by atoms with Gasteiger partial charge in [-0.15, -0.1) is 11.3 Å². The molecular formula is C12H11N3S. The van der Waals surface area contributed by atoms with Crippen molar-refractivity contribution in [2.75, 3.05) is 0 Å². The molecular weight excluding hydrogens is 218 g/mol. The Bertz CT molecular complexity index is 529. The summed E-state index contributed by atoms with van der Waals surface area (Å²) in [6, 6.07) is 6.38. The second kappa shape index (κ2) is 3.46. The first kappa shape index (κ1) is 9.61. The number of thiazole rings is 1. The van der Waals surface area contributed by atoms with E-state index in [1.807, 2.05) is 23.7 Å². The molecule has 0 spiro atoms. The summed E-state index contributed by atoms with van der Waals surface area (Å²) in [6.45, 7) is 0. The van der Waals surface area contributed by atoms with Crippen LogP contribution in [0.1, 0.15) is 25.0 Å². The van der Waals surface area contributed by atoms with E-state index in [1.165, 1.54) is 0 Å². The molecule has 0 amide bonds. The molecule has 2 heterocycles. The number of hydrogen-bond donors (Lipinski definition) is 1. The van der Waals surface area contributed by atoms with E-state index in [2.05, 4.69) is 16.0 Å². The highest BCUT2D eigenvalue weighted by atomic mass is 32.1. The van der Waals surface area contributed by atoms with Crippen LogP contribution in [-0.4, -0.2) is 9.97 Å². The van der Waals surface area contributed by atoms with Gasteiger partial charge in [0, 0.05) is 11.6 Å². The number of nitriles is 1. The zero-order valence-electron chi connectivity index (χ0n) is 8.73. The summed E-state index contributed by atoms with van der Waals surface area (Å²) in [7, 11) is 0. The van der Waals surface area contributed by atoms with Gasteiger partial charge in [0.15, 0.2) is 0 Å². The van der Waals surface area contributed by atoms with Crippen molar-refractivity contribution in [3.05, 3.63) is 29.4 Å². The standard InChI is InChI=1S/C12H11N3S/c13-8-12(4-2-5-12)10-7-16-11(15-10)9-3-1-6-14-9/h1,3,6-7,14H,2,4-5H2. The smallest absolute Gasteiger partial charge is 0.139 e. The van der Waals surface area contributed by atoms with Crippen LogP contribution in [0, 0.1) is 11.3 Å². The average Bonchev–Trinajstić information content (AvgIpc) is 2.86. The Morgan fingerprint density at radius 3 is 2.94 bits per heavy atom. The maximum Gasteiger partial charge on any atom is 0.139 e. The van der Waals surface area contributed by atoms with Crippen LogP contribution < -0.4 is 0 Å². The van der Waals surface area contributed by atoms with Crippen LogP contribution in [0.4, 0.5) is 0 Å². The van der Waals surface area contributed by atoms with Gasteiger partial charge in [0.1, 0.15) is 10.4 Å². The molecule has 2 aromatic heterocycles. The quantitative estimate of drug-likeness (QED) is 0.860. The molecule has 0 aromatic carbocycles. The Labute approximate surface area is 97.8 Å². The van der Waals surface area contributed by atoms with E-state index in [0.29, 0.717) is 0 Å². The summed E-state index contributed by atoms with van der Waals surface area (Å²) in [4.78, 5) is 7.72. The zero-order valence-corrected chi connectivity index (χ0v) is 9.55. The fraction of sp³-hybridized carbons (Fsp3) is 0.333. The van der Waals surface area contributed by atoms with Gasteiger partial charge in [-0.05, 0) is 31.4 Å². The lowest BCUT2D eigenvalue weighted by Gasteiger charge is -2.33. The molecule has 80 valence electrons. The molecule has 0 radical (unpaired) electrons. The SMILES string of the molecule is N#CC1(c2csc(-c3ccc[nH]3)n2)CCC1. The third-order valence-electron chi connectivity index (χ3n) is 3.24. The van der Waals surface area contributed by atoms with Crippen molar-refractivity contribution in [2.24, 2.45) is 0 Å². The number of hydrogen-bond acceptors (Lipinski definition) is 3. The van der Waals surface area contributed by atoms with Gasteiger partial charge in [0.25, 0.3) is 0 Å². The molecule has 16 heavy (non-hydrogen) atoms. The fourth-order valence-electron chi connectivity index (χ4n) is 2.04. The highest BCUT2D eigenvalue weighted by Crippen LogP contribution is 2.43. The summed E-state index contributed by atoms with van der Waals surface area (Å²) in [5, 5.41) is 12.2. The number of H-pyrrole nitrogens is 1. The molecule has 0 bridgehead atoms. The van der Waals surface area contributed by atoms with Crippen LogP contribution >= 0.6 is 11.3 Å². The molecule has 1 fully saturated rings. The van der Waals surface area contributed by atoms with Crippen molar-refractivity contribution in [2.45, 2.75) is 24.7 Å². The third-order valence-corrected chi connectivity index (χ3v) is 4.12. The number of aromatic nitrogens is 2. The van der Waals surface area contributed by atoms with Crippen molar-refractivity contribution in [3.8, 4) is 16.8 Å². The van der Waals surface area contributed by atoms with Gasteiger partial charge in [-0.1, -0.05) is 0 Å². The lowest BCUT2D eigenvalue weighted by molar-refractivity contribution is 0.317. The largest absolute Gasteiger partial charge is 0.359 e. The van der Waals surface area contributed by atoms with Crippen molar-refractivity contribution in [1.29, 1.82) is 5.26 Å². The van der Waals surface area contributed by atoms with E-state index in [1.54, 1.807) is 11.3 Å². The van der Waals surface area contributed by atoms with Crippen LogP contribution in [0.5, 0.6) is 0 Å². The maximum atomic E-state index is 9.24. The van der Waals surface area contributed by atoms with E-state index in [-0.39, 0.29) is 5.41 Å². The van der Waals surface area contributed by atoms with Crippen molar-refractivity contribution in [3.63, 3.8) is 0 Å². The highest BCUT2D eigenvalue weighted by molar-refractivity contribution is 7.13. The first-order valence-corrected chi connectivity index (χ1v) is 6.23. The molecule has 0 saturated heterocycles. The molecule has 3 nitrogen and oxygen atoms in total. The van der Waals surface area contributed by atoms with Gasteiger partial charge in [-0.25, -0.2) is 4.98 Å². The number of nitrogens with one attached hydrogen (secondary N) is 1. The zero-order chi connectivity index (χ0) is 11.0. The Kier molecular flexibility index (Phi) is 2.08. The molecule has 0 aliphatic heterocycles. The van der Waals surface area contributed by atoms with E-state index in [4.69, 9.17) is 0 Å². The summed E-state index contributed by atoms with van der Waals surface area (Å²) in [6.07, 6.45) is 4.94. The van der Waals surface area contributed by atoms with E-state index < -0.39 is 0 Å². The number of aromatic amines is 1. The second-order valence-electron chi connectivity index (χ2n) is 4.17. The third kappa shape index (κ3) is 1.29. The minimum Gasteiger partial charge on any atom is -0.359 e.